The summed E-state index contributed by atoms with van der Waals surface area (Å²) in [6.07, 6.45) is 2.95. The van der Waals surface area contributed by atoms with E-state index in [0.717, 1.165) is 0 Å². The van der Waals surface area contributed by atoms with E-state index in [-0.39, 0.29) is 15.6 Å². The number of rotatable bonds is 3. The first-order valence-electron chi connectivity index (χ1n) is 4.97. The molecule has 0 atom stereocenters. The normalized spacial score (nSPS) is 11.9. The van der Waals surface area contributed by atoms with E-state index in [1.54, 1.807) is 25.4 Å². The van der Waals surface area contributed by atoms with Crippen molar-refractivity contribution in [2.45, 2.75) is 0 Å². The summed E-state index contributed by atoms with van der Waals surface area (Å²) in [6.45, 7) is 0. The Morgan fingerprint density at radius 1 is 1.39 bits per heavy atom. The summed E-state index contributed by atoms with van der Waals surface area (Å²) in [7, 11) is 2.88. The van der Waals surface area contributed by atoms with Gasteiger partial charge in [-0.3, -0.25) is 4.99 Å². The van der Waals surface area contributed by atoms with E-state index in [0.29, 0.717) is 11.1 Å². The molecule has 96 valence electrons. The molecule has 0 bridgehead atoms. The Labute approximate surface area is 115 Å². The lowest BCUT2D eigenvalue weighted by Crippen LogP contribution is -2.04. The van der Waals surface area contributed by atoms with E-state index < -0.39 is 5.97 Å². The molecule has 0 spiro atoms. The van der Waals surface area contributed by atoms with Gasteiger partial charge in [-0.25, -0.2) is 4.79 Å². The van der Waals surface area contributed by atoms with Crippen molar-refractivity contribution in [3.05, 3.63) is 39.5 Å². The number of nitrogens with two attached hydrogens (primary N) is 1. The summed E-state index contributed by atoms with van der Waals surface area (Å²) in [5.41, 5.74) is 6.94. The van der Waals surface area contributed by atoms with Gasteiger partial charge in [0.05, 0.1) is 22.7 Å². The summed E-state index contributed by atoms with van der Waals surface area (Å²) in [5.74, 6) is -0.584. The maximum absolute atomic E-state index is 11.5. The fourth-order valence-electron chi connectivity index (χ4n) is 1.39. The molecule has 0 aliphatic carbocycles. The Morgan fingerprint density at radius 3 is 2.33 bits per heavy atom. The Morgan fingerprint density at radius 2 is 1.94 bits per heavy atom. The smallest absolute Gasteiger partial charge is 0.340 e. The number of halogens is 2. The van der Waals surface area contributed by atoms with Crippen LogP contribution in [0.1, 0.15) is 15.9 Å². The van der Waals surface area contributed by atoms with Crippen LogP contribution in [0.15, 0.2) is 23.3 Å². The highest BCUT2D eigenvalue weighted by atomic mass is 35.5. The highest BCUT2D eigenvalue weighted by Crippen LogP contribution is 2.29. The molecular weight excluding hydrogens is 275 g/mol. The van der Waals surface area contributed by atoms with Crippen molar-refractivity contribution in [2.75, 3.05) is 14.2 Å². The summed E-state index contributed by atoms with van der Waals surface area (Å²) in [6, 6.07) is 3.17. The number of allylic oxidation sites excluding steroid dienone is 1. The van der Waals surface area contributed by atoms with Crippen molar-refractivity contribution >= 4 is 41.0 Å². The molecule has 4 nitrogen and oxygen atoms in total. The Balaban J connectivity index is 3.34. The van der Waals surface area contributed by atoms with Crippen molar-refractivity contribution in [1.29, 1.82) is 0 Å². The third kappa shape index (κ3) is 3.03. The van der Waals surface area contributed by atoms with Crippen LogP contribution >= 0.6 is 23.2 Å². The number of nitrogens with zero attached hydrogens (tertiary/aromatic N) is 1. The number of hydrogen-bond donors (Lipinski definition) is 1. The average Bonchev–Trinajstić information content (AvgIpc) is 2.34. The zero-order chi connectivity index (χ0) is 13.7. The molecule has 0 heterocycles. The van der Waals surface area contributed by atoms with Crippen LogP contribution in [-0.2, 0) is 4.74 Å². The molecule has 0 radical (unpaired) electrons. The summed E-state index contributed by atoms with van der Waals surface area (Å²) in [4.78, 5) is 15.3. The summed E-state index contributed by atoms with van der Waals surface area (Å²) < 4.78 is 4.60. The maximum Gasteiger partial charge on any atom is 0.340 e. The molecule has 1 aromatic carbocycles. The maximum atomic E-state index is 11.5. The molecule has 0 amide bonds. The first-order valence-corrected chi connectivity index (χ1v) is 5.72. The number of esters is 1. The van der Waals surface area contributed by atoms with Crippen molar-refractivity contribution in [3.63, 3.8) is 0 Å². The van der Waals surface area contributed by atoms with Gasteiger partial charge >= 0.3 is 5.97 Å². The lowest BCUT2D eigenvalue weighted by Gasteiger charge is -2.08. The highest BCUT2D eigenvalue weighted by Gasteiger charge is 2.17. The summed E-state index contributed by atoms with van der Waals surface area (Å²) in [5, 5.41) is 0.404. The quantitative estimate of drug-likeness (QED) is 0.686. The largest absolute Gasteiger partial charge is 0.465 e. The zero-order valence-corrected chi connectivity index (χ0v) is 11.4. The first kappa shape index (κ1) is 14.5. The second-order valence-electron chi connectivity index (χ2n) is 3.32. The van der Waals surface area contributed by atoms with Crippen molar-refractivity contribution in [2.24, 2.45) is 10.7 Å². The molecule has 0 aromatic heterocycles. The minimum Gasteiger partial charge on any atom is -0.465 e. The van der Waals surface area contributed by atoms with Crippen LogP contribution in [0.3, 0.4) is 0 Å². The van der Waals surface area contributed by atoms with Gasteiger partial charge in [-0.15, -0.1) is 0 Å². The van der Waals surface area contributed by atoms with Crippen molar-refractivity contribution in [3.8, 4) is 0 Å². The number of carbonyl (C=O) groups is 1. The van der Waals surface area contributed by atoms with Crippen molar-refractivity contribution in [1.82, 2.24) is 0 Å². The van der Waals surface area contributed by atoms with Crippen LogP contribution in [0.25, 0.3) is 5.57 Å². The highest BCUT2D eigenvalue weighted by molar-refractivity contribution is 6.39. The van der Waals surface area contributed by atoms with E-state index in [1.807, 2.05) is 0 Å². The van der Waals surface area contributed by atoms with Gasteiger partial charge in [0.25, 0.3) is 0 Å². The monoisotopic (exact) mass is 286 g/mol. The van der Waals surface area contributed by atoms with Crippen LogP contribution in [0, 0.1) is 0 Å². The van der Waals surface area contributed by atoms with Gasteiger partial charge < -0.3 is 10.5 Å². The fraction of sp³-hybridized carbons (Fsp3) is 0.167. The molecular formula is C12H12Cl2N2O2. The Hall–Kier alpha value is -1.52. The van der Waals surface area contributed by atoms with Crippen LogP contribution in [0.2, 0.25) is 10.0 Å². The van der Waals surface area contributed by atoms with Gasteiger partial charge in [0, 0.05) is 25.0 Å². The molecule has 0 fully saturated rings. The summed E-state index contributed by atoms with van der Waals surface area (Å²) >= 11 is 12.0. The minimum absolute atomic E-state index is 0.134. The van der Waals surface area contributed by atoms with Crippen molar-refractivity contribution < 1.29 is 9.53 Å². The number of benzene rings is 1. The van der Waals surface area contributed by atoms with Gasteiger partial charge in [-0.05, 0) is 17.7 Å². The number of aliphatic imine (C=N–C) groups is 1. The van der Waals surface area contributed by atoms with Gasteiger partial charge in [0.2, 0.25) is 0 Å². The lowest BCUT2D eigenvalue weighted by atomic mass is 10.1. The minimum atomic E-state index is -0.584. The Kier molecular flexibility index (Phi) is 5.19. The van der Waals surface area contributed by atoms with E-state index in [2.05, 4.69) is 9.73 Å². The van der Waals surface area contributed by atoms with Crippen LogP contribution in [0.4, 0.5) is 0 Å². The van der Waals surface area contributed by atoms with E-state index in [4.69, 9.17) is 28.9 Å². The molecule has 1 aromatic rings. The average molecular weight is 287 g/mol. The van der Waals surface area contributed by atoms with Crippen LogP contribution < -0.4 is 5.73 Å². The molecule has 0 aliphatic heterocycles. The van der Waals surface area contributed by atoms with E-state index in [1.165, 1.54) is 13.3 Å². The predicted octanol–water partition coefficient (Wildman–Crippen LogP) is 2.78. The Bertz CT molecular complexity index is 502. The predicted molar refractivity (Wildman–Crippen MR) is 74.4 cm³/mol. The number of methoxy groups -OCH3 is 1. The van der Waals surface area contributed by atoms with Gasteiger partial charge in [-0.1, -0.05) is 23.2 Å². The molecule has 0 saturated heterocycles. The third-order valence-corrected chi connectivity index (χ3v) is 2.81. The van der Waals surface area contributed by atoms with Crippen LogP contribution in [0.5, 0.6) is 0 Å². The number of hydrogen-bond acceptors (Lipinski definition) is 4. The lowest BCUT2D eigenvalue weighted by molar-refractivity contribution is 0.0601. The van der Waals surface area contributed by atoms with Gasteiger partial charge in [0.1, 0.15) is 0 Å². The number of carbonyl (C=O) groups excluding carboxylic acids is 1. The van der Waals surface area contributed by atoms with Gasteiger partial charge in [0.15, 0.2) is 0 Å². The SMILES string of the molecule is CN=CC(=CN)c1cc(Cl)c(C(=O)OC)c(Cl)c1. The molecule has 2 N–H and O–H groups in total. The molecule has 0 aliphatic rings. The molecule has 1 rings (SSSR count). The number of ether oxygens (including phenoxy) is 1. The zero-order valence-electron chi connectivity index (χ0n) is 9.91. The standard InChI is InChI=1S/C12H12Cl2N2O2/c1-16-6-8(5-15)7-3-9(13)11(10(14)4-7)12(17)18-2/h3-6H,15H2,1-2H3. The molecule has 18 heavy (non-hydrogen) atoms. The molecule has 6 heteroatoms. The molecule has 0 unspecified atom stereocenters. The van der Waals surface area contributed by atoms with E-state index in [9.17, 15) is 4.79 Å². The van der Waals surface area contributed by atoms with Crippen LogP contribution in [-0.4, -0.2) is 26.3 Å². The molecule has 0 saturated carbocycles. The second-order valence-corrected chi connectivity index (χ2v) is 4.13. The fourth-order valence-corrected chi connectivity index (χ4v) is 2.03. The third-order valence-electron chi connectivity index (χ3n) is 2.21. The second kappa shape index (κ2) is 6.42. The topological polar surface area (TPSA) is 64.7 Å². The van der Waals surface area contributed by atoms with E-state index >= 15 is 0 Å². The van der Waals surface area contributed by atoms with Gasteiger partial charge in [-0.2, -0.15) is 0 Å². The first-order chi connectivity index (χ1) is 8.54.